The van der Waals surface area contributed by atoms with Crippen molar-refractivity contribution in [2.45, 2.75) is 24.4 Å². The van der Waals surface area contributed by atoms with Crippen molar-refractivity contribution >= 4 is 11.8 Å². The van der Waals surface area contributed by atoms with E-state index in [1.807, 2.05) is 6.20 Å². The Morgan fingerprint density at radius 2 is 2.05 bits per heavy atom. The molecule has 7 nitrogen and oxygen atoms in total. The maximum Gasteiger partial charge on any atom is 0.214 e. The molecular weight excluding hydrogens is 288 g/mol. The minimum absolute atomic E-state index is 0.214. The van der Waals surface area contributed by atoms with Crippen molar-refractivity contribution in [2.24, 2.45) is 0 Å². The van der Waals surface area contributed by atoms with E-state index in [0.717, 1.165) is 18.1 Å². The lowest BCUT2D eigenvalue weighted by atomic mass is 10.3. The van der Waals surface area contributed by atoms with Crippen molar-refractivity contribution in [3.63, 3.8) is 0 Å². The molecule has 3 aromatic rings. The monoisotopic (exact) mass is 302 g/mol. The zero-order valence-electron chi connectivity index (χ0n) is 11.4. The van der Waals surface area contributed by atoms with Crippen LogP contribution < -0.4 is 0 Å². The van der Waals surface area contributed by atoms with E-state index in [9.17, 15) is 5.11 Å². The van der Waals surface area contributed by atoms with Crippen LogP contribution in [-0.4, -0.2) is 34.9 Å². The summed E-state index contributed by atoms with van der Waals surface area (Å²) in [5.41, 5.74) is 0.805. The molecule has 1 N–H and O–H groups in total. The molecular formula is C13H14N6OS. The number of benzene rings is 1. The van der Waals surface area contributed by atoms with Crippen LogP contribution in [0.5, 0.6) is 5.75 Å². The summed E-state index contributed by atoms with van der Waals surface area (Å²) in [5, 5.41) is 21.8. The van der Waals surface area contributed by atoms with Gasteiger partial charge in [0.2, 0.25) is 5.16 Å². The number of phenolic OH excluding ortho intramolecular Hbond substituents is 1. The van der Waals surface area contributed by atoms with E-state index in [1.165, 1.54) is 11.8 Å². The molecule has 0 bridgehead atoms. The van der Waals surface area contributed by atoms with Gasteiger partial charge < -0.3 is 9.67 Å². The summed E-state index contributed by atoms with van der Waals surface area (Å²) in [6.45, 7) is 2.97. The third kappa shape index (κ3) is 2.89. The number of thioether (sulfide) groups is 1. The molecule has 0 aliphatic carbocycles. The fourth-order valence-electron chi connectivity index (χ4n) is 1.92. The number of phenols is 1. The Bertz CT molecular complexity index is 720. The van der Waals surface area contributed by atoms with E-state index in [0.29, 0.717) is 10.9 Å². The predicted molar refractivity (Wildman–Crippen MR) is 78.3 cm³/mol. The summed E-state index contributed by atoms with van der Waals surface area (Å²) in [6, 6.07) is 6.75. The maximum atomic E-state index is 9.33. The number of rotatable bonds is 5. The maximum absolute atomic E-state index is 9.33. The van der Waals surface area contributed by atoms with Crippen LogP contribution in [0.2, 0.25) is 0 Å². The summed E-state index contributed by atoms with van der Waals surface area (Å²) < 4.78 is 3.73. The van der Waals surface area contributed by atoms with Crippen molar-refractivity contribution in [3.8, 4) is 11.4 Å². The topological polar surface area (TPSA) is 81.7 Å². The molecule has 8 heteroatoms. The highest BCUT2D eigenvalue weighted by molar-refractivity contribution is 7.98. The number of aryl methyl sites for hydroxylation is 1. The molecule has 0 saturated carbocycles. The second-order valence-electron chi connectivity index (χ2n) is 4.31. The average molecular weight is 302 g/mol. The van der Waals surface area contributed by atoms with Gasteiger partial charge in [-0.25, -0.2) is 4.98 Å². The van der Waals surface area contributed by atoms with E-state index in [4.69, 9.17) is 0 Å². The highest BCUT2D eigenvalue weighted by atomic mass is 32.2. The number of tetrazole rings is 1. The van der Waals surface area contributed by atoms with Crippen molar-refractivity contribution in [1.82, 2.24) is 29.8 Å². The summed E-state index contributed by atoms with van der Waals surface area (Å²) in [7, 11) is 0. The normalized spacial score (nSPS) is 10.9. The van der Waals surface area contributed by atoms with Gasteiger partial charge in [-0.05, 0) is 41.6 Å². The Labute approximate surface area is 125 Å². The molecule has 0 amide bonds. The van der Waals surface area contributed by atoms with Crippen LogP contribution in [0.3, 0.4) is 0 Å². The van der Waals surface area contributed by atoms with Gasteiger partial charge in [-0.2, -0.15) is 4.68 Å². The van der Waals surface area contributed by atoms with Crippen LogP contribution >= 0.6 is 11.8 Å². The Kier molecular flexibility index (Phi) is 3.87. The van der Waals surface area contributed by atoms with Crippen molar-refractivity contribution in [1.29, 1.82) is 0 Å². The first-order chi connectivity index (χ1) is 10.3. The quantitative estimate of drug-likeness (QED) is 0.725. The van der Waals surface area contributed by atoms with Crippen molar-refractivity contribution in [2.75, 3.05) is 0 Å². The molecule has 0 aliphatic heterocycles. The van der Waals surface area contributed by atoms with E-state index >= 15 is 0 Å². The van der Waals surface area contributed by atoms with E-state index < -0.39 is 0 Å². The van der Waals surface area contributed by atoms with Gasteiger partial charge in [0, 0.05) is 18.9 Å². The number of hydrogen-bond donors (Lipinski definition) is 1. The van der Waals surface area contributed by atoms with Crippen molar-refractivity contribution < 1.29 is 5.11 Å². The number of aromatic nitrogens is 6. The second-order valence-corrected chi connectivity index (χ2v) is 5.25. The zero-order chi connectivity index (χ0) is 14.7. The molecule has 2 heterocycles. The lowest BCUT2D eigenvalue weighted by Crippen LogP contribution is -2.01. The molecule has 0 saturated heterocycles. The van der Waals surface area contributed by atoms with E-state index in [2.05, 4.69) is 32.0 Å². The van der Waals surface area contributed by atoms with E-state index in [-0.39, 0.29) is 5.75 Å². The molecule has 21 heavy (non-hydrogen) atoms. The van der Waals surface area contributed by atoms with Crippen LogP contribution in [0.4, 0.5) is 0 Å². The third-order valence-corrected chi connectivity index (χ3v) is 3.92. The minimum atomic E-state index is 0.214. The number of nitrogens with zero attached hydrogens (tertiary/aromatic N) is 6. The Morgan fingerprint density at radius 1 is 1.24 bits per heavy atom. The zero-order valence-corrected chi connectivity index (χ0v) is 12.2. The molecule has 0 atom stereocenters. The van der Waals surface area contributed by atoms with Gasteiger partial charge in [0.15, 0.2) is 0 Å². The summed E-state index contributed by atoms with van der Waals surface area (Å²) in [6.07, 6.45) is 3.75. The third-order valence-electron chi connectivity index (χ3n) is 3.01. The fourth-order valence-corrected chi connectivity index (χ4v) is 2.78. The van der Waals surface area contributed by atoms with Gasteiger partial charge in [0.05, 0.1) is 11.4 Å². The first-order valence-electron chi connectivity index (χ1n) is 6.48. The summed E-state index contributed by atoms with van der Waals surface area (Å²) >= 11 is 1.52. The molecule has 108 valence electrons. The van der Waals surface area contributed by atoms with E-state index in [1.54, 1.807) is 35.1 Å². The predicted octanol–water partition coefficient (Wildman–Crippen LogP) is 1.88. The van der Waals surface area contributed by atoms with Crippen LogP contribution in [0.1, 0.15) is 12.7 Å². The standard InChI is InChI=1S/C13H14N6OS/c1-2-18-8-7-14-12(18)9-21-13-15-16-17-19(13)10-3-5-11(20)6-4-10/h3-8,20H,2,9H2,1H3. The molecule has 0 radical (unpaired) electrons. The smallest absolute Gasteiger partial charge is 0.214 e. The fraction of sp³-hybridized carbons (Fsp3) is 0.231. The summed E-state index contributed by atoms with van der Waals surface area (Å²) in [4.78, 5) is 4.33. The average Bonchev–Trinajstić information content (AvgIpc) is 3.14. The Morgan fingerprint density at radius 3 is 2.81 bits per heavy atom. The first-order valence-corrected chi connectivity index (χ1v) is 7.47. The highest BCUT2D eigenvalue weighted by Crippen LogP contribution is 2.22. The first kappa shape index (κ1) is 13.6. The largest absolute Gasteiger partial charge is 0.508 e. The van der Waals surface area contributed by atoms with Crippen molar-refractivity contribution in [3.05, 3.63) is 42.5 Å². The highest BCUT2D eigenvalue weighted by Gasteiger charge is 2.11. The van der Waals surface area contributed by atoms with Crippen LogP contribution in [-0.2, 0) is 12.3 Å². The molecule has 1 aromatic carbocycles. The molecule has 2 aromatic heterocycles. The molecule has 3 rings (SSSR count). The van der Waals surface area contributed by atoms with Gasteiger partial charge in [-0.1, -0.05) is 11.8 Å². The number of imidazole rings is 1. The Hall–Kier alpha value is -2.35. The van der Waals surface area contributed by atoms with Crippen LogP contribution in [0, 0.1) is 0 Å². The molecule has 0 fully saturated rings. The van der Waals surface area contributed by atoms with Gasteiger partial charge in [0.25, 0.3) is 0 Å². The van der Waals surface area contributed by atoms with Crippen LogP contribution in [0.15, 0.2) is 41.8 Å². The van der Waals surface area contributed by atoms with Gasteiger partial charge in [0.1, 0.15) is 11.6 Å². The van der Waals surface area contributed by atoms with Crippen LogP contribution in [0.25, 0.3) is 5.69 Å². The van der Waals surface area contributed by atoms with Gasteiger partial charge in [-0.15, -0.1) is 5.10 Å². The minimum Gasteiger partial charge on any atom is -0.508 e. The van der Waals surface area contributed by atoms with Gasteiger partial charge >= 0.3 is 0 Å². The number of aromatic hydroxyl groups is 1. The lowest BCUT2D eigenvalue weighted by molar-refractivity contribution is 0.475. The molecule has 0 aliphatic rings. The number of hydrogen-bond acceptors (Lipinski definition) is 6. The lowest BCUT2D eigenvalue weighted by Gasteiger charge is -2.05. The van der Waals surface area contributed by atoms with Gasteiger partial charge in [-0.3, -0.25) is 0 Å². The second kappa shape index (κ2) is 5.96. The SMILES string of the molecule is CCn1ccnc1CSc1nnnn1-c1ccc(O)cc1. The molecule has 0 unspecified atom stereocenters. The Balaban J connectivity index is 1.78. The molecule has 0 spiro atoms. The summed E-state index contributed by atoms with van der Waals surface area (Å²) in [5.74, 6) is 1.90.